The number of hydrogen-bond donors (Lipinski definition) is 2. The maximum Gasteiger partial charge on any atom is 0.256 e. The van der Waals surface area contributed by atoms with E-state index in [1.807, 2.05) is 18.2 Å². The number of hydrogen-bond acceptors (Lipinski definition) is 5. The monoisotopic (exact) mass is 323 g/mol. The molecule has 0 bridgehead atoms. The van der Waals surface area contributed by atoms with Crippen molar-refractivity contribution in [3.63, 3.8) is 0 Å². The summed E-state index contributed by atoms with van der Waals surface area (Å²) in [7, 11) is 1.58. The van der Waals surface area contributed by atoms with Crippen molar-refractivity contribution in [2.24, 2.45) is 0 Å². The smallest absolute Gasteiger partial charge is 0.256 e. The minimum Gasteiger partial charge on any atom is -0.497 e. The fourth-order valence-electron chi connectivity index (χ4n) is 2.11. The molecule has 0 saturated heterocycles. The number of nitrogens with zero attached hydrogens (tertiary/aromatic N) is 1. The second-order valence-electron chi connectivity index (χ2n) is 5.05. The van der Waals surface area contributed by atoms with E-state index in [1.165, 1.54) is 0 Å². The highest BCUT2D eigenvalue weighted by atomic mass is 16.5. The van der Waals surface area contributed by atoms with Crippen LogP contribution in [-0.4, -0.2) is 18.0 Å². The van der Waals surface area contributed by atoms with Gasteiger partial charge in [0.1, 0.15) is 17.3 Å². The molecule has 0 spiro atoms. The van der Waals surface area contributed by atoms with Gasteiger partial charge < -0.3 is 19.8 Å². The SMILES string of the molecule is COc1ccc(C(=O)Nc2ccc(NCc3ccco3)cn2)cc1. The molecule has 2 heterocycles. The molecule has 0 aliphatic heterocycles. The normalized spacial score (nSPS) is 10.2. The molecule has 0 aliphatic rings. The van der Waals surface area contributed by atoms with Gasteiger partial charge in [-0.05, 0) is 48.5 Å². The first-order chi connectivity index (χ1) is 11.7. The number of carbonyl (C=O) groups is 1. The Bertz CT molecular complexity index is 781. The zero-order chi connectivity index (χ0) is 16.8. The highest BCUT2D eigenvalue weighted by Crippen LogP contribution is 2.15. The Kier molecular flexibility index (Phi) is 4.76. The fraction of sp³-hybridized carbons (Fsp3) is 0.111. The van der Waals surface area contributed by atoms with E-state index in [2.05, 4.69) is 15.6 Å². The standard InChI is InChI=1S/C18H17N3O3/c1-23-15-7-4-13(5-8-15)18(22)21-17-9-6-14(11-20-17)19-12-16-3-2-10-24-16/h2-11,19H,12H2,1H3,(H,20,21,22). The molecular weight excluding hydrogens is 306 g/mol. The van der Waals surface area contributed by atoms with Gasteiger partial charge in [0.25, 0.3) is 5.91 Å². The number of methoxy groups -OCH3 is 1. The van der Waals surface area contributed by atoms with Crippen LogP contribution in [0.3, 0.4) is 0 Å². The van der Waals surface area contributed by atoms with Gasteiger partial charge in [-0.1, -0.05) is 0 Å². The highest BCUT2D eigenvalue weighted by Gasteiger charge is 2.07. The van der Waals surface area contributed by atoms with Gasteiger partial charge in [-0.3, -0.25) is 4.79 Å². The van der Waals surface area contributed by atoms with Crippen molar-refractivity contribution in [2.75, 3.05) is 17.7 Å². The second-order valence-corrected chi connectivity index (χ2v) is 5.05. The summed E-state index contributed by atoms with van der Waals surface area (Å²) in [6.07, 6.45) is 3.29. The lowest BCUT2D eigenvalue weighted by Gasteiger charge is -2.07. The predicted molar refractivity (Wildman–Crippen MR) is 91.2 cm³/mol. The minimum absolute atomic E-state index is 0.221. The first kappa shape index (κ1) is 15.6. The van der Waals surface area contributed by atoms with Gasteiger partial charge >= 0.3 is 0 Å². The van der Waals surface area contributed by atoms with Crippen molar-refractivity contribution in [3.8, 4) is 5.75 Å². The molecule has 0 saturated carbocycles. The molecular formula is C18H17N3O3. The zero-order valence-corrected chi connectivity index (χ0v) is 13.2. The summed E-state index contributed by atoms with van der Waals surface area (Å²) >= 11 is 0. The van der Waals surface area contributed by atoms with Crippen LogP contribution in [-0.2, 0) is 6.54 Å². The van der Waals surface area contributed by atoms with Crippen molar-refractivity contribution >= 4 is 17.4 Å². The van der Waals surface area contributed by atoms with Crippen molar-refractivity contribution in [1.82, 2.24) is 4.98 Å². The lowest BCUT2D eigenvalue weighted by molar-refractivity contribution is 0.102. The molecule has 24 heavy (non-hydrogen) atoms. The van der Waals surface area contributed by atoms with Gasteiger partial charge in [-0.2, -0.15) is 0 Å². The Morgan fingerprint density at radius 2 is 2.00 bits per heavy atom. The molecule has 0 atom stereocenters. The molecule has 3 rings (SSSR count). The first-order valence-corrected chi connectivity index (χ1v) is 7.42. The van der Waals surface area contributed by atoms with Crippen LogP contribution in [0.2, 0.25) is 0 Å². The van der Waals surface area contributed by atoms with Gasteiger partial charge in [0.15, 0.2) is 0 Å². The van der Waals surface area contributed by atoms with Crippen LogP contribution in [0.1, 0.15) is 16.1 Å². The molecule has 0 aliphatic carbocycles. The maximum atomic E-state index is 12.2. The van der Waals surface area contributed by atoms with Gasteiger partial charge in [0.05, 0.1) is 31.8 Å². The summed E-state index contributed by atoms with van der Waals surface area (Å²) in [6, 6.07) is 14.2. The van der Waals surface area contributed by atoms with Crippen molar-refractivity contribution in [3.05, 3.63) is 72.3 Å². The second kappa shape index (κ2) is 7.32. The van der Waals surface area contributed by atoms with E-state index in [1.54, 1.807) is 49.9 Å². The third kappa shape index (κ3) is 3.92. The van der Waals surface area contributed by atoms with Crippen LogP contribution in [0.25, 0.3) is 0 Å². The molecule has 122 valence electrons. The third-order valence-electron chi connectivity index (χ3n) is 3.40. The number of anilines is 2. The Morgan fingerprint density at radius 3 is 2.62 bits per heavy atom. The Morgan fingerprint density at radius 1 is 1.17 bits per heavy atom. The molecule has 0 radical (unpaired) electrons. The predicted octanol–water partition coefficient (Wildman–Crippen LogP) is 3.55. The Labute approximate surface area is 139 Å². The van der Waals surface area contributed by atoms with Crippen molar-refractivity contribution in [1.29, 1.82) is 0 Å². The van der Waals surface area contributed by atoms with E-state index in [9.17, 15) is 4.79 Å². The van der Waals surface area contributed by atoms with Gasteiger partial charge in [-0.25, -0.2) is 4.98 Å². The lowest BCUT2D eigenvalue weighted by Crippen LogP contribution is -2.12. The Balaban J connectivity index is 1.57. The van der Waals surface area contributed by atoms with Crippen LogP contribution < -0.4 is 15.4 Å². The number of aromatic nitrogens is 1. The molecule has 3 aromatic rings. The van der Waals surface area contributed by atoms with E-state index in [0.717, 1.165) is 11.4 Å². The number of ether oxygens (including phenoxy) is 1. The van der Waals surface area contributed by atoms with Gasteiger partial charge in [0.2, 0.25) is 0 Å². The van der Waals surface area contributed by atoms with E-state index in [-0.39, 0.29) is 5.91 Å². The number of benzene rings is 1. The number of pyridine rings is 1. The number of furan rings is 1. The summed E-state index contributed by atoms with van der Waals surface area (Å²) in [6.45, 7) is 0.576. The third-order valence-corrected chi connectivity index (χ3v) is 3.40. The average molecular weight is 323 g/mol. The lowest BCUT2D eigenvalue weighted by atomic mass is 10.2. The molecule has 2 aromatic heterocycles. The summed E-state index contributed by atoms with van der Waals surface area (Å²) in [5.74, 6) is 1.81. The maximum absolute atomic E-state index is 12.2. The van der Waals surface area contributed by atoms with Crippen LogP contribution >= 0.6 is 0 Å². The molecule has 0 fully saturated rings. The first-order valence-electron chi connectivity index (χ1n) is 7.42. The van der Waals surface area contributed by atoms with E-state index in [0.29, 0.717) is 23.7 Å². The van der Waals surface area contributed by atoms with E-state index < -0.39 is 0 Å². The summed E-state index contributed by atoms with van der Waals surface area (Å²) in [5, 5.41) is 5.94. The van der Waals surface area contributed by atoms with Crippen molar-refractivity contribution < 1.29 is 13.9 Å². The largest absolute Gasteiger partial charge is 0.497 e. The molecule has 6 nitrogen and oxygen atoms in total. The molecule has 1 amide bonds. The summed E-state index contributed by atoms with van der Waals surface area (Å²) in [4.78, 5) is 16.4. The molecule has 2 N–H and O–H groups in total. The quantitative estimate of drug-likeness (QED) is 0.725. The van der Waals surface area contributed by atoms with Gasteiger partial charge in [0, 0.05) is 5.56 Å². The Hall–Kier alpha value is -3.28. The summed E-state index contributed by atoms with van der Waals surface area (Å²) in [5.41, 5.74) is 1.38. The van der Waals surface area contributed by atoms with Gasteiger partial charge in [-0.15, -0.1) is 0 Å². The number of rotatable bonds is 6. The number of amides is 1. The molecule has 1 aromatic carbocycles. The topological polar surface area (TPSA) is 76.4 Å². The van der Waals surface area contributed by atoms with Crippen LogP contribution in [0.15, 0.2) is 65.4 Å². The number of carbonyl (C=O) groups excluding carboxylic acids is 1. The molecule has 6 heteroatoms. The highest BCUT2D eigenvalue weighted by molar-refractivity contribution is 6.03. The average Bonchev–Trinajstić information content (AvgIpc) is 3.15. The number of nitrogens with one attached hydrogen (secondary N) is 2. The summed E-state index contributed by atoms with van der Waals surface area (Å²) < 4.78 is 10.3. The van der Waals surface area contributed by atoms with E-state index >= 15 is 0 Å². The van der Waals surface area contributed by atoms with Crippen LogP contribution in [0.5, 0.6) is 5.75 Å². The zero-order valence-electron chi connectivity index (χ0n) is 13.2. The fourth-order valence-corrected chi connectivity index (χ4v) is 2.11. The van der Waals surface area contributed by atoms with Crippen LogP contribution in [0.4, 0.5) is 11.5 Å². The van der Waals surface area contributed by atoms with E-state index in [4.69, 9.17) is 9.15 Å². The molecule has 0 unspecified atom stereocenters. The van der Waals surface area contributed by atoms with Crippen LogP contribution in [0, 0.1) is 0 Å². The minimum atomic E-state index is -0.221. The van der Waals surface area contributed by atoms with Crippen molar-refractivity contribution in [2.45, 2.75) is 6.54 Å².